The highest BCUT2D eigenvalue weighted by Gasteiger charge is 2.25. The summed E-state index contributed by atoms with van der Waals surface area (Å²) in [7, 11) is 0. The molecule has 16 heavy (non-hydrogen) atoms. The summed E-state index contributed by atoms with van der Waals surface area (Å²) in [6.07, 6.45) is 0.436. The fraction of sp³-hybridized carbons (Fsp3) is 0.273. The number of halogens is 1. The first-order chi connectivity index (χ1) is 7.56. The first kappa shape index (κ1) is 11.0. The van der Waals surface area contributed by atoms with E-state index in [0.29, 0.717) is 17.0 Å². The van der Waals surface area contributed by atoms with Gasteiger partial charge in [0, 0.05) is 16.6 Å². The Labute approximate surface area is 97.2 Å². The minimum absolute atomic E-state index is 0.0717. The number of fused-ring (bicyclic) bond motifs is 1. The Morgan fingerprint density at radius 1 is 1.56 bits per heavy atom. The number of rotatable bonds is 2. The molecule has 1 aliphatic heterocycles. The van der Waals surface area contributed by atoms with E-state index in [0.717, 1.165) is 5.56 Å². The Hall–Kier alpha value is -1.55. The molecule has 0 radical (unpaired) electrons. The van der Waals surface area contributed by atoms with E-state index < -0.39 is 5.97 Å². The van der Waals surface area contributed by atoms with Crippen molar-refractivity contribution in [3.63, 3.8) is 0 Å². The van der Waals surface area contributed by atoms with E-state index >= 15 is 0 Å². The number of carboxylic acids is 1. The van der Waals surface area contributed by atoms with Gasteiger partial charge in [0.15, 0.2) is 0 Å². The average Bonchev–Trinajstić information content (AvgIpc) is 2.15. The lowest BCUT2D eigenvalue weighted by molar-refractivity contribution is -0.137. The SMILES string of the molecule is O=C(O)CC1Cc2cc(Cl)ccc2C(=O)N1. The standard InChI is InChI=1S/C11H10ClNO3/c12-7-1-2-9-6(3-7)4-8(5-10(14)15)13-11(9)16/h1-3,8H,4-5H2,(H,13,16)(H,14,15). The second-order valence-electron chi connectivity index (χ2n) is 3.77. The zero-order valence-corrected chi connectivity index (χ0v) is 9.12. The summed E-state index contributed by atoms with van der Waals surface area (Å²) in [5.41, 5.74) is 1.38. The zero-order chi connectivity index (χ0) is 11.7. The van der Waals surface area contributed by atoms with Gasteiger partial charge in [0.1, 0.15) is 0 Å². The Balaban J connectivity index is 2.27. The molecule has 0 fully saturated rings. The zero-order valence-electron chi connectivity index (χ0n) is 8.37. The number of carboxylic acid groups (broad SMARTS) is 1. The predicted octanol–water partition coefficient (Wildman–Crippen LogP) is 1.47. The molecule has 2 N–H and O–H groups in total. The second kappa shape index (κ2) is 4.14. The third-order valence-corrected chi connectivity index (χ3v) is 2.77. The summed E-state index contributed by atoms with van der Waals surface area (Å²) in [4.78, 5) is 22.2. The van der Waals surface area contributed by atoms with Crippen LogP contribution in [-0.2, 0) is 11.2 Å². The van der Waals surface area contributed by atoms with Gasteiger partial charge < -0.3 is 10.4 Å². The van der Waals surface area contributed by atoms with Crippen molar-refractivity contribution >= 4 is 23.5 Å². The van der Waals surface area contributed by atoms with Gasteiger partial charge in [-0.05, 0) is 30.2 Å². The van der Waals surface area contributed by atoms with Gasteiger partial charge in [0.25, 0.3) is 5.91 Å². The van der Waals surface area contributed by atoms with Gasteiger partial charge >= 0.3 is 5.97 Å². The monoisotopic (exact) mass is 239 g/mol. The van der Waals surface area contributed by atoms with Gasteiger partial charge in [-0.15, -0.1) is 0 Å². The van der Waals surface area contributed by atoms with E-state index in [4.69, 9.17) is 16.7 Å². The van der Waals surface area contributed by atoms with E-state index in [2.05, 4.69) is 5.32 Å². The molecule has 1 unspecified atom stereocenters. The van der Waals surface area contributed by atoms with Crippen LogP contribution in [0.15, 0.2) is 18.2 Å². The molecule has 1 atom stereocenters. The molecule has 0 bridgehead atoms. The molecule has 0 aromatic heterocycles. The number of hydrogen-bond donors (Lipinski definition) is 2. The highest BCUT2D eigenvalue weighted by molar-refractivity contribution is 6.30. The summed E-state index contributed by atoms with van der Waals surface area (Å²) < 4.78 is 0. The normalized spacial score (nSPS) is 18.8. The van der Waals surface area contributed by atoms with E-state index in [1.807, 2.05) is 0 Å². The lowest BCUT2D eigenvalue weighted by Gasteiger charge is -2.24. The van der Waals surface area contributed by atoms with Crippen molar-refractivity contribution in [2.24, 2.45) is 0 Å². The number of amides is 1. The maximum Gasteiger partial charge on any atom is 0.305 e. The molecule has 1 aromatic rings. The van der Waals surface area contributed by atoms with Gasteiger partial charge in [-0.3, -0.25) is 9.59 Å². The van der Waals surface area contributed by atoms with Crippen LogP contribution in [0, 0.1) is 0 Å². The fourth-order valence-electron chi connectivity index (χ4n) is 1.87. The van der Waals surface area contributed by atoms with Gasteiger partial charge in [0.2, 0.25) is 0 Å². The Kier molecular flexibility index (Phi) is 2.83. The van der Waals surface area contributed by atoms with Crippen molar-refractivity contribution in [2.75, 3.05) is 0 Å². The van der Waals surface area contributed by atoms with Crippen molar-refractivity contribution in [3.05, 3.63) is 34.3 Å². The summed E-state index contributed by atoms with van der Waals surface area (Å²) in [5.74, 6) is -1.15. The van der Waals surface area contributed by atoms with Crippen LogP contribution in [0.2, 0.25) is 5.02 Å². The largest absolute Gasteiger partial charge is 0.481 e. The number of hydrogen-bond acceptors (Lipinski definition) is 2. The van der Waals surface area contributed by atoms with Crippen molar-refractivity contribution < 1.29 is 14.7 Å². The average molecular weight is 240 g/mol. The molecule has 84 valence electrons. The predicted molar refractivity (Wildman–Crippen MR) is 58.7 cm³/mol. The molecule has 0 saturated heterocycles. The van der Waals surface area contributed by atoms with Crippen LogP contribution in [-0.4, -0.2) is 23.0 Å². The summed E-state index contributed by atoms with van der Waals surface area (Å²) in [5, 5.41) is 11.9. The Bertz CT molecular complexity index is 459. The minimum Gasteiger partial charge on any atom is -0.481 e. The molecule has 0 spiro atoms. The van der Waals surface area contributed by atoms with Crippen LogP contribution in [0.3, 0.4) is 0 Å². The molecule has 1 amide bonds. The maximum absolute atomic E-state index is 11.6. The summed E-state index contributed by atoms with van der Waals surface area (Å²) >= 11 is 5.83. The number of benzene rings is 1. The number of nitrogens with one attached hydrogen (secondary N) is 1. The minimum atomic E-state index is -0.921. The van der Waals surface area contributed by atoms with Crippen LogP contribution in [0.25, 0.3) is 0 Å². The van der Waals surface area contributed by atoms with Crippen molar-refractivity contribution in [1.29, 1.82) is 0 Å². The van der Waals surface area contributed by atoms with Crippen LogP contribution in [0.4, 0.5) is 0 Å². The van der Waals surface area contributed by atoms with Crippen LogP contribution >= 0.6 is 11.6 Å². The quantitative estimate of drug-likeness (QED) is 0.821. The van der Waals surface area contributed by atoms with Crippen LogP contribution < -0.4 is 5.32 Å². The summed E-state index contributed by atoms with van der Waals surface area (Å²) in [6, 6.07) is 4.67. The van der Waals surface area contributed by atoms with E-state index in [1.54, 1.807) is 18.2 Å². The molecular formula is C11H10ClNO3. The summed E-state index contributed by atoms with van der Waals surface area (Å²) in [6.45, 7) is 0. The number of carbonyl (C=O) groups is 2. The molecule has 5 heteroatoms. The second-order valence-corrected chi connectivity index (χ2v) is 4.21. The first-order valence-electron chi connectivity index (χ1n) is 4.87. The van der Waals surface area contributed by atoms with Crippen molar-refractivity contribution in [2.45, 2.75) is 18.9 Å². The highest BCUT2D eigenvalue weighted by atomic mass is 35.5. The fourth-order valence-corrected chi connectivity index (χ4v) is 2.06. The van der Waals surface area contributed by atoms with E-state index in [-0.39, 0.29) is 18.4 Å². The van der Waals surface area contributed by atoms with Gasteiger partial charge in [0.05, 0.1) is 6.42 Å². The molecule has 0 aliphatic carbocycles. The van der Waals surface area contributed by atoms with Crippen LogP contribution in [0.1, 0.15) is 22.3 Å². The third kappa shape index (κ3) is 2.17. The highest BCUT2D eigenvalue weighted by Crippen LogP contribution is 2.22. The Morgan fingerprint density at radius 2 is 2.31 bits per heavy atom. The van der Waals surface area contributed by atoms with Crippen molar-refractivity contribution in [3.8, 4) is 0 Å². The van der Waals surface area contributed by atoms with Crippen LogP contribution in [0.5, 0.6) is 0 Å². The maximum atomic E-state index is 11.6. The Morgan fingerprint density at radius 3 is 3.00 bits per heavy atom. The molecule has 2 rings (SSSR count). The van der Waals surface area contributed by atoms with E-state index in [9.17, 15) is 9.59 Å². The molecule has 1 aliphatic rings. The van der Waals surface area contributed by atoms with Gasteiger partial charge in [-0.1, -0.05) is 11.6 Å². The topological polar surface area (TPSA) is 66.4 Å². The van der Waals surface area contributed by atoms with E-state index in [1.165, 1.54) is 0 Å². The molecule has 1 heterocycles. The third-order valence-electron chi connectivity index (χ3n) is 2.53. The molecule has 4 nitrogen and oxygen atoms in total. The number of carbonyl (C=O) groups excluding carboxylic acids is 1. The molecule has 1 aromatic carbocycles. The smallest absolute Gasteiger partial charge is 0.305 e. The molecular weight excluding hydrogens is 230 g/mol. The first-order valence-corrected chi connectivity index (χ1v) is 5.25. The van der Waals surface area contributed by atoms with Crippen molar-refractivity contribution in [1.82, 2.24) is 5.32 Å². The van der Waals surface area contributed by atoms with Gasteiger partial charge in [-0.25, -0.2) is 0 Å². The lowest BCUT2D eigenvalue weighted by Crippen LogP contribution is -2.42. The molecule has 0 saturated carbocycles. The van der Waals surface area contributed by atoms with Gasteiger partial charge in [-0.2, -0.15) is 0 Å². The lowest BCUT2D eigenvalue weighted by atomic mass is 9.94. The number of aliphatic carboxylic acids is 1.